The van der Waals surface area contributed by atoms with Crippen LogP contribution in [0.1, 0.15) is 37.8 Å². The van der Waals surface area contributed by atoms with Crippen molar-refractivity contribution in [2.45, 2.75) is 38.6 Å². The smallest absolute Gasteiger partial charge is 0.170 e. The number of aromatic amines is 1. The molecule has 0 aromatic carbocycles. The number of H-pyrrole nitrogens is 1. The lowest BCUT2D eigenvalue weighted by molar-refractivity contribution is 0.354. The van der Waals surface area contributed by atoms with Gasteiger partial charge in [-0.3, -0.25) is 5.10 Å². The fraction of sp³-hybridized carbons (Fsp3) is 0.778. The van der Waals surface area contributed by atoms with Gasteiger partial charge >= 0.3 is 0 Å². The van der Waals surface area contributed by atoms with Gasteiger partial charge in [0.15, 0.2) is 5.82 Å². The third kappa shape index (κ3) is 1.35. The third-order valence-electron chi connectivity index (χ3n) is 2.87. The summed E-state index contributed by atoms with van der Waals surface area (Å²) >= 11 is 0. The Kier molecular flexibility index (Phi) is 2.07. The number of aromatic nitrogens is 3. The zero-order valence-electron chi connectivity index (χ0n) is 8.22. The SMILES string of the molecule is CCC1(c2n[nH]c(C)n2)CCCN1. The second-order valence-corrected chi connectivity index (χ2v) is 3.71. The molecule has 0 saturated carbocycles. The van der Waals surface area contributed by atoms with Crippen LogP contribution in [0.15, 0.2) is 0 Å². The van der Waals surface area contributed by atoms with Crippen LogP contribution in [0.2, 0.25) is 0 Å². The minimum atomic E-state index is 0.0464. The molecule has 1 aliphatic heterocycles. The van der Waals surface area contributed by atoms with Crippen LogP contribution in [0.25, 0.3) is 0 Å². The monoisotopic (exact) mass is 180 g/mol. The van der Waals surface area contributed by atoms with Crippen LogP contribution >= 0.6 is 0 Å². The van der Waals surface area contributed by atoms with Crippen molar-refractivity contribution in [1.29, 1.82) is 0 Å². The summed E-state index contributed by atoms with van der Waals surface area (Å²) in [4.78, 5) is 4.41. The molecule has 0 radical (unpaired) electrons. The zero-order chi connectivity index (χ0) is 9.31. The van der Waals surface area contributed by atoms with Gasteiger partial charge < -0.3 is 5.32 Å². The molecule has 1 atom stereocenters. The number of rotatable bonds is 2. The number of hydrogen-bond acceptors (Lipinski definition) is 3. The summed E-state index contributed by atoms with van der Waals surface area (Å²) in [6.45, 7) is 5.21. The van der Waals surface area contributed by atoms with E-state index in [-0.39, 0.29) is 5.54 Å². The largest absolute Gasteiger partial charge is 0.305 e. The van der Waals surface area contributed by atoms with Crippen LogP contribution in [0.3, 0.4) is 0 Å². The molecule has 13 heavy (non-hydrogen) atoms. The quantitative estimate of drug-likeness (QED) is 0.716. The first-order valence-electron chi connectivity index (χ1n) is 4.91. The van der Waals surface area contributed by atoms with Gasteiger partial charge in [-0.05, 0) is 32.7 Å². The molecular weight excluding hydrogens is 164 g/mol. The lowest BCUT2D eigenvalue weighted by Crippen LogP contribution is -2.37. The van der Waals surface area contributed by atoms with Crippen molar-refractivity contribution in [3.8, 4) is 0 Å². The lowest BCUT2D eigenvalue weighted by Gasteiger charge is -2.24. The fourth-order valence-electron chi connectivity index (χ4n) is 2.01. The van der Waals surface area contributed by atoms with Crippen LogP contribution in [-0.4, -0.2) is 21.7 Å². The van der Waals surface area contributed by atoms with Crippen molar-refractivity contribution in [1.82, 2.24) is 20.5 Å². The Bertz CT molecular complexity index is 286. The van der Waals surface area contributed by atoms with Gasteiger partial charge in [-0.25, -0.2) is 4.98 Å². The van der Waals surface area contributed by atoms with E-state index in [4.69, 9.17) is 0 Å². The maximum atomic E-state index is 4.41. The van der Waals surface area contributed by atoms with Crippen molar-refractivity contribution in [3.63, 3.8) is 0 Å². The fourth-order valence-corrected chi connectivity index (χ4v) is 2.01. The molecule has 0 spiro atoms. The Morgan fingerprint density at radius 1 is 1.54 bits per heavy atom. The zero-order valence-corrected chi connectivity index (χ0v) is 8.22. The highest BCUT2D eigenvalue weighted by Crippen LogP contribution is 2.31. The summed E-state index contributed by atoms with van der Waals surface area (Å²) in [6.07, 6.45) is 3.44. The molecule has 1 aromatic heterocycles. The number of hydrogen-bond donors (Lipinski definition) is 2. The van der Waals surface area contributed by atoms with Crippen molar-refractivity contribution in [2.75, 3.05) is 6.54 Å². The van der Waals surface area contributed by atoms with E-state index in [2.05, 4.69) is 27.4 Å². The Labute approximate surface area is 78.1 Å². The Morgan fingerprint density at radius 2 is 2.38 bits per heavy atom. The maximum absolute atomic E-state index is 4.41. The Hall–Kier alpha value is -0.900. The summed E-state index contributed by atoms with van der Waals surface area (Å²) < 4.78 is 0. The van der Waals surface area contributed by atoms with Gasteiger partial charge in [0.2, 0.25) is 0 Å². The number of aryl methyl sites for hydroxylation is 1. The number of nitrogens with zero attached hydrogens (tertiary/aromatic N) is 2. The van der Waals surface area contributed by atoms with E-state index in [0.717, 1.165) is 31.0 Å². The van der Waals surface area contributed by atoms with Gasteiger partial charge in [-0.15, -0.1) is 0 Å². The molecule has 1 aromatic rings. The maximum Gasteiger partial charge on any atom is 0.170 e. The summed E-state index contributed by atoms with van der Waals surface area (Å²) in [5, 5.41) is 10.7. The molecule has 72 valence electrons. The van der Waals surface area contributed by atoms with E-state index in [1.54, 1.807) is 0 Å². The van der Waals surface area contributed by atoms with Crippen molar-refractivity contribution in [3.05, 3.63) is 11.6 Å². The molecule has 4 heteroatoms. The van der Waals surface area contributed by atoms with Gasteiger partial charge in [0.1, 0.15) is 5.82 Å². The predicted octanol–water partition coefficient (Wildman–Crippen LogP) is 1.10. The molecule has 2 heterocycles. The van der Waals surface area contributed by atoms with E-state index in [9.17, 15) is 0 Å². The topological polar surface area (TPSA) is 53.6 Å². The van der Waals surface area contributed by atoms with Crippen LogP contribution in [0, 0.1) is 6.92 Å². The molecule has 1 fully saturated rings. The minimum absolute atomic E-state index is 0.0464. The standard InChI is InChI=1S/C9H16N4/c1-3-9(5-4-6-10-9)8-11-7(2)12-13-8/h10H,3-6H2,1-2H3,(H,11,12,13). The van der Waals surface area contributed by atoms with E-state index in [0.29, 0.717) is 0 Å². The summed E-state index contributed by atoms with van der Waals surface area (Å²) in [6, 6.07) is 0. The van der Waals surface area contributed by atoms with Gasteiger partial charge in [0, 0.05) is 0 Å². The van der Waals surface area contributed by atoms with Crippen molar-refractivity contribution < 1.29 is 0 Å². The second kappa shape index (κ2) is 3.10. The van der Waals surface area contributed by atoms with Gasteiger partial charge in [0.25, 0.3) is 0 Å². The lowest BCUT2D eigenvalue weighted by atomic mass is 9.93. The molecule has 0 aliphatic carbocycles. The second-order valence-electron chi connectivity index (χ2n) is 3.71. The first kappa shape index (κ1) is 8.69. The molecule has 1 unspecified atom stereocenters. The number of nitrogens with one attached hydrogen (secondary N) is 2. The van der Waals surface area contributed by atoms with Crippen LogP contribution in [0.4, 0.5) is 0 Å². The molecular formula is C9H16N4. The molecule has 4 nitrogen and oxygen atoms in total. The average Bonchev–Trinajstić information content (AvgIpc) is 2.73. The van der Waals surface area contributed by atoms with Crippen molar-refractivity contribution >= 4 is 0 Å². The molecule has 2 rings (SSSR count). The van der Waals surface area contributed by atoms with E-state index >= 15 is 0 Å². The van der Waals surface area contributed by atoms with E-state index in [1.165, 1.54) is 6.42 Å². The normalized spacial score (nSPS) is 28.2. The molecule has 0 amide bonds. The van der Waals surface area contributed by atoms with Crippen LogP contribution < -0.4 is 5.32 Å². The third-order valence-corrected chi connectivity index (χ3v) is 2.87. The molecule has 1 saturated heterocycles. The molecule has 1 aliphatic rings. The molecule has 0 bridgehead atoms. The summed E-state index contributed by atoms with van der Waals surface area (Å²) in [5.41, 5.74) is 0.0464. The van der Waals surface area contributed by atoms with Gasteiger partial charge in [0.05, 0.1) is 5.54 Å². The first-order valence-corrected chi connectivity index (χ1v) is 4.91. The van der Waals surface area contributed by atoms with Crippen LogP contribution in [-0.2, 0) is 5.54 Å². The Morgan fingerprint density at radius 3 is 2.85 bits per heavy atom. The predicted molar refractivity (Wildman–Crippen MR) is 50.3 cm³/mol. The van der Waals surface area contributed by atoms with Crippen molar-refractivity contribution in [2.24, 2.45) is 0 Å². The summed E-state index contributed by atoms with van der Waals surface area (Å²) in [5.74, 6) is 1.83. The van der Waals surface area contributed by atoms with Crippen LogP contribution in [0.5, 0.6) is 0 Å². The highest BCUT2D eigenvalue weighted by atomic mass is 15.2. The summed E-state index contributed by atoms with van der Waals surface area (Å²) in [7, 11) is 0. The van der Waals surface area contributed by atoms with Gasteiger partial charge in [-0.2, -0.15) is 5.10 Å². The van der Waals surface area contributed by atoms with E-state index < -0.39 is 0 Å². The van der Waals surface area contributed by atoms with E-state index in [1.807, 2.05) is 6.92 Å². The highest BCUT2D eigenvalue weighted by Gasteiger charge is 2.36. The molecule has 2 N–H and O–H groups in total. The average molecular weight is 180 g/mol. The van der Waals surface area contributed by atoms with Gasteiger partial charge in [-0.1, -0.05) is 6.92 Å². The first-order chi connectivity index (χ1) is 6.27. The Balaban J connectivity index is 2.30. The minimum Gasteiger partial charge on any atom is -0.305 e. The highest BCUT2D eigenvalue weighted by molar-refractivity contribution is 5.08.